The average molecular weight is 305 g/mol. The number of nitrogens with one attached hydrogen (secondary N) is 1. The van der Waals surface area contributed by atoms with Crippen molar-refractivity contribution < 1.29 is 4.79 Å². The van der Waals surface area contributed by atoms with Gasteiger partial charge < -0.3 is 9.88 Å². The maximum absolute atomic E-state index is 12.6. The standard InChI is InChI=1S/C14H19N5OS/c1-3-18-6-7-19(8-12(18)13-15-4-5-16-13)14(20)11-9-21-17-10(11)2/h4-5,9,12H,3,6-8H2,1-2H3,(H,15,16)/t12-/m0/s1. The lowest BCUT2D eigenvalue weighted by Gasteiger charge is -2.40. The van der Waals surface area contributed by atoms with E-state index in [1.165, 1.54) is 11.5 Å². The molecule has 0 radical (unpaired) electrons. The summed E-state index contributed by atoms with van der Waals surface area (Å²) in [5.41, 5.74) is 1.54. The van der Waals surface area contributed by atoms with Gasteiger partial charge in [-0.05, 0) is 25.0 Å². The van der Waals surface area contributed by atoms with Crippen molar-refractivity contribution >= 4 is 17.4 Å². The van der Waals surface area contributed by atoms with Crippen LogP contribution in [0.15, 0.2) is 17.8 Å². The molecule has 0 aromatic carbocycles. The van der Waals surface area contributed by atoms with Gasteiger partial charge in [0.25, 0.3) is 5.91 Å². The van der Waals surface area contributed by atoms with E-state index in [1.807, 2.05) is 23.4 Å². The summed E-state index contributed by atoms with van der Waals surface area (Å²) in [6, 6.07) is 0.134. The van der Waals surface area contributed by atoms with Gasteiger partial charge in [-0.25, -0.2) is 4.98 Å². The summed E-state index contributed by atoms with van der Waals surface area (Å²) in [6.07, 6.45) is 3.59. The van der Waals surface area contributed by atoms with Crippen LogP contribution in [0, 0.1) is 6.92 Å². The highest BCUT2D eigenvalue weighted by Gasteiger charge is 2.32. The van der Waals surface area contributed by atoms with E-state index in [-0.39, 0.29) is 11.9 Å². The molecule has 2 aromatic rings. The van der Waals surface area contributed by atoms with E-state index in [0.717, 1.165) is 36.7 Å². The Morgan fingerprint density at radius 2 is 2.38 bits per heavy atom. The fourth-order valence-corrected chi connectivity index (χ4v) is 3.46. The first kappa shape index (κ1) is 14.2. The van der Waals surface area contributed by atoms with Crippen LogP contribution in [-0.4, -0.2) is 56.2 Å². The van der Waals surface area contributed by atoms with Crippen molar-refractivity contribution in [2.75, 3.05) is 26.2 Å². The number of piperazine rings is 1. The molecule has 6 nitrogen and oxygen atoms in total. The molecule has 0 bridgehead atoms. The van der Waals surface area contributed by atoms with E-state index >= 15 is 0 Å². The molecule has 0 aliphatic carbocycles. The van der Waals surface area contributed by atoms with E-state index in [0.29, 0.717) is 6.54 Å². The fourth-order valence-electron chi connectivity index (χ4n) is 2.77. The number of aryl methyl sites for hydroxylation is 1. The number of hydrogen-bond acceptors (Lipinski definition) is 5. The lowest BCUT2D eigenvalue weighted by molar-refractivity contribution is 0.0479. The fraction of sp³-hybridized carbons (Fsp3) is 0.500. The lowest BCUT2D eigenvalue weighted by Crippen LogP contribution is -2.50. The number of likely N-dealkylation sites (N-methyl/N-ethyl adjacent to an activating group) is 1. The number of aromatic amines is 1. The summed E-state index contributed by atoms with van der Waals surface area (Å²) in [5.74, 6) is 1.00. The van der Waals surface area contributed by atoms with Crippen LogP contribution in [0.4, 0.5) is 0 Å². The molecule has 1 N–H and O–H groups in total. The second-order valence-corrected chi connectivity index (χ2v) is 5.81. The summed E-state index contributed by atoms with van der Waals surface area (Å²) >= 11 is 1.34. The molecule has 0 spiro atoms. The topological polar surface area (TPSA) is 65.1 Å². The van der Waals surface area contributed by atoms with Gasteiger partial charge in [-0.3, -0.25) is 9.69 Å². The molecule has 1 amide bonds. The normalized spacial score (nSPS) is 19.9. The van der Waals surface area contributed by atoms with E-state index in [4.69, 9.17) is 0 Å². The van der Waals surface area contributed by atoms with Crippen LogP contribution in [0.5, 0.6) is 0 Å². The Labute approximate surface area is 128 Å². The van der Waals surface area contributed by atoms with Gasteiger partial charge in [-0.2, -0.15) is 4.37 Å². The minimum Gasteiger partial charge on any atom is -0.347 e. The summed E-state index contributed by atoms with van der Waals surface area (Å²) in [7, 11) is 0. The van der Waals surface area contributed by atoms with E-state index in [9.17, 15) is 4.79 Å². The van der Waals surface area contributed by atoms with E-state index < -0.39 is 0 Å². The largest absolute Gasteiger partial charge is 0.347 e. The molecule has 21 heavy (non-hydrogen) atoms. The molecule has 0 unspecified atom stereocenters. The summed E-state index contributed by atoms with van der Waals surface area (Å²) in [4.78, 5) is 24.4. The van der Waals surface area contributed by atoms with Crippen molar-refractivity contribution in [1.82, 2.24) is 24.1 Å². The van der Waals surface area contributed by atoms with Crippen LogP contribution in [0.2, 0.25) is 0 Å². The predicted octanol–water partition coefficient (Wildman–Crippen LogP) is 1.69. The second-order valence-electron chi connectivity index (χ2n) is 5.18. The van der Waals surface area contributed by atoms with Crippen LogP contribution in [0.1, 0.15) is 34.8 Å². The molecule has 3 rings (SSSR count). The molecule has 1 atom stereocenters. The van der Waals surface area contributed by atoms with Gasteiger partial charge in [0.2, 0.25) is 0 Å². The average Bonchev–Trinajstić information content (AvgIpc) is 3.17. The van der Waals surface area contributed by atoms with Gasteiger partial charge >= 0.3 is 0 Å². The minimum absolute atomic E-state index is 0.0774. The molecule has 112 valence electrons. The zero-order valence-electron chi connectivity index (χ0n) is 12.2. The Bertz CT molecular complexity index is 609. The Kier molecular flexibility index (Phi) is 4.03. The number of amides is 1. The number of carbonyl (C=O) groups excluding carboxylic acids is 1. The maximum Gasteiger partial charge on any atom is 0.256 e. The summed E-state index contributed by atoms with van der Waals surface area (Å²) in [5, 5.41) is 1.84. The third-order valence-corrected chi connectivity index (χ3v) is 4.72. The number of aromatic nitrogens is 3. The number of nitrogens with zero attached hydrogens (tertiary/aromatic N) is 4. The monoisotopic (exact) mass is 305 g/mol. The van der Waals surface area contributed by atoms with Gasteiger partial charge in [0.05, 0.1) is 17.3 Å². The highest BCUT2D eigenvalue weighted by Crippen LogP contribution is 2.24. The molecule has 0 saturated carbocycles. The number of hydrogen-bond donors (Lipinski definition) is 1. The summed E-state index contributed by atoms with van der Waals surface area (Å²) in [6.45, 7) is 7.25. The zero-order chi connectivity index (χ0) is 14.8. The number of carbonyl (C=O) groups is 1. The van der Waals surface area contributed by atoms with E-state index in [1.54, 1.807) is 6.20 Å². The van der Waals surface area contributed by atoms with Crippen molar-refractivity contribution in [1.29, 1.82) is 0 Å². The Balaban J connectivity index is 1.80. The Hall–Kier alpha value is -1.73. The highest BCUT2D eigenvalue weighted by molar-refractivity contribution is 7.03. The van der Waals surface area contributed by atoms with Crippen LogP contribution < -0.4 is 0 Å². The van der Waals surface area contributed by atoms with Gasteiger partial charge in [-0.15, -0.1) is 0 Å². The molecule has 1 fully saturated rings. The lowest BCUT2D eigenvalue weighted by atomic mass is 10.1. The molecular formula is C14H19N5OS. The third-order valence-electron chi connectivity index (χ3n) is 4.00. The molecule has 1 aliphatic heterocycles. The number of rotatable bonds is 3. The quantitative estimate of drug-likeness (QED) is 0.937. The highest BCUT2D eigenvalue weighted by atomic mass is 32.1. The first-order valence-electron chi connectivity index (χ1n) is 7.14. The molecule has 1 aliphatic rings. The second kappa shape index (κ2) is 5.95. The Morgan fingerprint density at radius 1 is 1.52 bits per heavy atom. The van der Waals surface area contributed by atoms with Crippen molar-refractivity contribution in [3.8, 4) is 0 Å². The smallest absolute Gasteiger partial charge is 0.256 e. The van der Waals surface area contributed by atoms with Crippen molar-refractivity contribution in [2.24, 2.45) is 0 Å². The van der Waals surface area contributed by atoms with Gasteiger partial charge in [0.15, 0.2) is 0 Å². The van der Waals surface area contributed by atoms with Crippen molar-refractivity contribution in [3.05, 3.63) is 34.9 Å². The van der Waals surface area contributed by atoms with Crippen LogP contribution in [0.3, 0.4) is 0 Å². The Morgan fingerprint density at radius 3 is 3.00 bits per heavy atom. The maximum atomic E-state index is 12.6. The molecule has 7 heteroatoms. The number of H-pyrrole nitrogens is 1. The first-order chi connectivity index (χ1) is 10.2. The van der Waals surface area contributed by atoms with E-state index in [2.05, 4.69) is 26.2 Å². The third kappa shape index (κ3) is 2.71. The zero-order valence-corrected chi connectivity index (χ0v) is 13.1. The van der Waals surface area contributed by atoms with Gasteiger partial charge in [0.1, 0.15) is 5.82 Å². The minimum atomic E-state index is 0.0774. The molecule has 3 heterocycles. The SMILES string of the molecule is CCN1CCN(C(=O)c2csnc2C)C[C@H]1c1ncc[nH]1. The van der Waals surface area contributed by atoms with Gasteiger partial charge in [-0.1, -0.05) is 6.92 Å². The number of imidazole rings is 1. The van der Waals surface area contributed by atoms with Crippen LogP contribution in [0.25, 0.3) is 0 Å². The van der Waals surface area contributed by atoms with Crippen molar-refractivity contribution in [3.63, 3.8) is 0 Å². The first-order valence-corrected chi connectivity index (χ1v) is 7.98. The molecule has 2 aromatic heterocycles. The molecule has 1 saturated heterocycles. The molecular weight excluding hydrogens is 286 g/mol. The van der Waals surface area contributed by atoms with Crippen LogP contribution in [-0.2, 0) is 0 Å². The van der Waals surface area contributed by atoms with Crippen molar-refractivity contribution in [2.45, 2.75) is 19.9 Å². The van der Waals surface area contributed by atoms with Crippen LogP contribution >= 0.6 is 11.5 Å². The predicted molar refractivity (Wildman–Crippen MR) is 81.3 cm³/mol. The van der Waals surface area contributed by atoms with Gasteiger partial charge in [0, 0.05) is 37.4 Å². The summed E-state index contributed by atoms with van der Waals surface area (Å²) < 4.78 is 4.20.